The highest BCUT2D eigenvalue weighted by Gasteiger charge is 2.21. The summed E-state index contributed by atoms with van der Waals surface area (Å²) in [6.45, 7) is 0. The third-order valence-corrected chi connectivity index (χ3v) is 3.74. The van der Waals surface area contributed by atoms with Crippen molar-refractivity contribution in [2.75, 3.05) is 5.75 Å². The highest BCUT2D eigenvalue weighted by atomic mass is 32.2. The molecule has 0 aliphatic carbocycles. The molecule has 6 heteroatoms. The van der Waals surface area contributed by atoms with Gasteiger partial charge in [0.1, 0.15) is 0 Å². The second-order valence-electron chi connectivity index (χ2n) is 3.35. The minimum absolute atomic E-state index is 0.0828. The number of rotatable bonds is 5. The molecule has 1 unspecified atom stereocenters. The molecule has 5 nitrogen and oxygen atoms in total. The van der Waals surface area contributed by atoms with E-state index in [0.717, 1.165) is 0 Å². The number of carboxylic acids is 1. The second-order valence-corrected chi connectivity index (χ2v) is 5.38. The van der Waals surface area contributed by atoms with Crippen molar-refractivity contribution in [2.45, 2.75) is 17.4 Å². The summed E-state index contributed by atoms with van der Waals surface area (Å²) in [6.07, 6.45) is -1.96. The summed E-state index contributed by atoms with van der Waals surface area (Å²) < 4.78 is 23.3. The maximum Gasteiger partial charge on any atom is 0.306 e. The van der Waals surface area contributed by atoms with Crippen LogP contribution >= 0.6 is 0 Å². The number of hydrogen-bond acceptors (Lipinski definition) is 4. The summed E-state index contributed by atoms with van der Waals surface area (Å²) in [6, 6.07) is 7.62. The van der Waals surface area contributed by atoms with Gasteiger partial charge in [-0.15, -0.1) is 0 Å². The largest absolute Gasteiger partial charge is 0.481 e. The Hall–Kier alpha value is -1.40. The Bertz CT molecular complexity index is 451. The molecule has 0 aromatic heterocycles. The number of sulfone groups is 1. The Balaban J connectivity index is 2.77. The normalized spacial score (nSPS) is 13.3. The van der Waals surface area contributed by atoms with Crippen LogP contribution < -0.4 is 0 Å². The van der Waals surface area contributed by atoms with Crippen LogP contribution in [0.5, 0.6) is 0 Å². The molecule has 0 spiro atoms. The molecule has 1 aromatic rings. The predicted octanol–water partition coefficient (Wildman–Crippen LogP) is 0.296. The lowest BCUT2D eigenvalue weighted by Gasteiger charge is -2.08. The maximum atomic E-state index is 11.7. The van der Waals surface area contributed by atoms with E-state index in [9.17, 15) is 18.3 Å². The number of aliphatic hydroxyl groups is 1. The van der Waals surface area contributed by atoms with Crippen molar-refractivity contribution in [3.8, 4) is 0 Å². The first-order valence-electron chi connectivity index (χ1n) is 4.59. The molecule has 0 amide bonds. The molecule has 0 heterocycles. The molecular formula is C10H12O5S. The van der Waals surface area contributed by atoms with Crippen molar-refractivity contribution in [2.24, 2.45) is 0 Å². The van der Waals surface area contributed by atoms with Gasteiger partial charge in [-0.3, -0.25) is 4.79 Å². The van der Waals surface area contributed by atoms with Gasteiger partial charge in [-0.1, -0.05) is 18.2 Å². The summed E-state index contributed by atoms with van der Waals surface area (Å²) >= 11 is 0. The standard InChI is InChI=1S/C10H12O5S/c11-8(6-10(12)13)7-16(14,15)9-4-2-1-3-5-9/h1-5,8,11H,6-7H2,(H,12,13). The number of aliphatic hydroxyl groups excluding tert-OH is 1. The van der Waals surface area contributed by atoms with Crippen molar-refractivity contribution in [1.82, 2.24) is 0 Å². The summed E-state index contributed by atoms with van der Waals surface area (Å²) in [5, 5.41) is 17.7. The summed E-state index contributed by atoms with van der Waals surface area (Å²) in [5.41, 5.74) is 0. The Morgan fingerprint density at radius 3 is 2.31 bits per heavy atom. The summed E-state index contributed by atoms with van der Waals surface area (Å²) in [7, 11) is -3.62. The van der Waals surface area contributed by atoms with Crippen LogP contribution in [0.25, 0.3) is 0 Å². The van der Waals surface area contributed by atoms with Gasteiger partial charge in [0.05, 0.1) is 23.2 Å². The van der Waals surface area contributed by atoms with E-state index in [4.69, 9.17) is 5.11 Å². The highest BCUT2D eigenvalue weighted by Crippen LogP contribution is 2.12. The fourth-order valence-corrected chi connectivity index (χ4v) is 2.63. The van der Waals surface area contributed by atoms with Gasteiger partial charge in [0.25, 0.3) is 0 Å². The van der Waals surface area contributed by atoms with E-state index in [0.29, 0.717) is 0 Å². The van der Waals surface area contributed by atoms with Crippen molar-refractivity contribution in [3.05, 3.63) is 30.3 Å². The monoisotopic (exact) mass is 244 g/mol. The van der Waals surface area contributed by atoms with Gasteiger partial charge in [-0.05, 0) is 12.1 Å². The van der Waals surface area contributed by atoms with Gasteiger partial charge in [-0.2, -0.15) is 0 Å². The third-order valence-electron chi connectivity index (χ3n) is 1.92. The minimum Gasteiger partial charge on any atom is -0.481 e. The van der Waals surface area contributed by atoms with Gasteiger partial charge in [0, 0.05) is 0 Å². The van der Waals surface area contributed by atoms with Crippen LogP contribution in [0.3, 0.4) is 0 Å². The molecule has 0 aliphatic heterocycles. The van der Waals surface area contributed by atoms with Crippen LogP contribution in [0.2, 0.25) is 0 Å². The molecule has 1 rings (SSSR count). The lowest BCUT2D eigenvalue weighted by atomic mass is 10.3. The lowest BCUT2D eigenvalue weighted by molar-refractivity contribution is -0.138. The number of benzene rings is 1. The number of hydrogen-bond donors (Lipinski definition) is 2. The van der Waals surface area contributed by atoms with Gasteiger partial charge >= 0.3 is 5.97 Å². The molecule has 16 heavy (non-hydrogen) atoms. The fraction of sp³-hybridized carbons (Fsp3) is 0.300. The van der Waals surface area contributed by atoms with Gasteiger partial charge in [-0.25, -0.2) is 8.42 Å². The van der Waals surface area contributed by atoms with Crippen molar-refractivity contribution < 1.29 is 23.4 Å². The van der Waals surface area contributed by atoms with E-state index in [1.165, 1.54) is 12.1 Å². The Morgan fingerprint density at radius 1 is 1.25 bits per heavy atom. The van der Waals surface area contributed by atoms with Crippen LogP contribution in [0.4, 0.5) is 0 Å². The van der Waals surface area contributed by atoms with Crippen LogP contribution in [0, 0.1) is 0 Å². The van der Waals surface area contributed by atoms with E-state index in [1.807, 2.05) is 0 Å². The van der Waals surface area contributed by atoms with E-state index in [2.05, 4.69) is 0 Å². The molecule has 2 N–H and O–H groups in total. The number of carbonyl (C=O) groups is 1. The smallest absolute Gasteiger partial charge is 0.306 e. The molecule has 0 saturated carbocycles. The van der Waals surface area contributed by atoms with Crippen LogP contribution in [-0.2, 0) is 14.6 Å². The lowest BCUT2D eigenvalue weighted by Crippen LogP contribution is -2.23. The molecular weight excluding hydrogens is 232 g/mol. The molecule has 0 bridgehead atoms. The first kappa shape index (κ1) is 12.7. The minimum atomic E-state index is -3.62. The topological polar surface area (TPSA) is 91.7 Å². The average Bonchev–Trinajstić information content (AvgIpc) is 2.16. The molecule has 0 saturated heterocycles. The molecule has 1 aromatic carbocycles. The average molecular weight is 244 g/mol. The molecule has 0 radical (unpaired) electrons. The zero-order chi connectivity index (χ0) is 12.2. The molecule has 1 atom stereocenters. The molecule has 0 fully saturated rings. The second kappa shape index (κ2) is 5.09. The zero-order valence-corrected chi connectivity index (χ0v) is 9.22. The Labute approximate surface area is 93.3 Å². The summed E-state index contributed by atoms with van der Waals surface area (Å²) in [5.74, 6) is -1.81. The predicted molar refractivity (Wildman–Crippen MR) is 56.8 cm³/mol. The van der Waals surface area contributed by atoms with Crippen molar-refractivity contribution >= 4 is 15.8 Å². The third kappa shape index (κ3) is 3.63. The number of carboxylic acid groups (broad SMARTS) is 1. The van der Waals surface area contributed by atoms with Crippen molar-refractivity contribution in [1.29, 1.82) is 0 Å². The van der Waals surface area contributed by atoms with E-state index in [-0.39, 0.29) is 4.90 Å². The van der Waals surface area contributed by atoms with E-state index >= 15 is 0 Å². The highest BCUT2D eigenvalue weighted by molar-refractivity contribution is 7.91. The Kier molecular flexibility index (Phi) is 4.03. The quantitative estimate of drug-likeness (QED) is 0.777. The molecule has 0 aliphatic rings. The maximum absolute atomic E-state index is 11.7. The van der Waals surface area contributed by atoms with Crippen LogP contribution in [-0.4, -0.2) is 36.5 Å². The van der Waals surface area contributed by atoms with Gasteiger partial charge in [0.15, 0.2) is 9.84 Å². The van der Waals surface area contributed by atoms with Crippen molar-refractivity contribution in [3.63, 3.8) is 0 Å². The molecule has 88 valence electrons. The zero-order valence-electron chi connectivity index (χ0n) is 8.41. The van der Waals surface area contributed by atoms with E-state index in [1.54, 1.807) is 18.2 Å². The summed E-state index contributed by atoms with van der Waals surface area (Å²) in [4.78, 5) is 10.4. The SMILES string of the molecule is O=C(O)CC(O)CS(=O)(=O)c1ccccc1. The first-order chi connectivity index (χ1) is 7.42. The first-order valence-corrected chi connectivity index (χ1v) is 6.25. The van der Waals surface area contributed by atoms with Crippen LogP contribution in [0.1, 0.15) is 6.42 Å². The van der Waals surface area contributed by atoms with Crippen LogP contribution in [0.15, 0.2) is 35.2 Å². The number of aliphatic carboxylic acids is 1. The fourth-order valence-electron chi connectivity index (χ4n) is 1.24. The van der Waals surface area contributed by atoms with Gasteiger partial charge < -0.3 is 10.2 Å². The van der Waals surface area contributed by atoms with E-state index < -0.39 is 34.1 Å². The Morgan fingerprint density at radius 2 is 1.81 bits per heavy atom. The van der Waals surface area contributed by atoms with Gasteiger partial charge in [0.2, 0.25) is 0 Å².